The average Bonchev–Trinajstić information content (AvgIpc) is 2.44. The molecule has 0 fully saturated rings. The minimum Gasteiger partial charge on any atom is -0.495 e. The first-order valence-electron chi connectivity index (χ1n) is 6.23. The summed E-state index contributed by atoms with van der Waals surface area (Å²) in [6.45, 7) is 1.51. The van der Waals surface area contributed by atoms with Gasteiger partial charge in [-0.1, -0.05) is 0 Å². The smallest absolute Gasteiger partial charge is 0.305 e. The SMILES string of the molecule is COc1cc([N+](=O)[O-])c(C(=O)NC(C)CC(=O)O)cc1SC. The van der Waals surface area contributed by atoms with Crippen LogP contribution in [0.2, 0.25) is 0 Å². The molecule has 0 aliphatic heterocycles. The summed E-state index contributed by atoms with van der Waals surface area (Å²) in [7, 11) is 1.38. The molecular weight excluding hydrogens is 312 g/mol. The van der Waals surface area contributed by atoms with E-state index in [9.17, 15) is 19.7 Å². The second-order valence-corrected chi connectivity index (χ2v) is 5.30. The summed E-state index contributed by atoms with van der Waals surface area (Å²) in [4.78, 5) is 33.8. The number of methoxy groups -OCH3 is 1. The number of nitrogens with zero attached hydrogens (tertiary/aromatic N) is 1. The number of ether oxygens (including phenoxy) is 1. The maximum absolute atomic E-state index is 12.2. The van der Waals surface area contributed by atoms with Gasteiger partial charge in [0.1, 0.15) is 11.3 Å². The Labute approximate surface area is 131 Å². The summed E-state index contributed by atoms with van der Waals surface area (Å²) in [5, 5.41) is 22.2. The second-order valence-electron chi connectivity index (χ2n) is 4.45. The number of aliphatic carboxylic acids is 1. The molecule has 1 rings (SSSR count). The van der Waals surface area contributed by atoms with E-state index in [0.29, 0.717) is 10.6 Å². The van der Waals surface area contributed by atoms with Crippen molar-refractivity contribution in [1.82, 2.24) is 5.32 Å². The molecule has 0 spiro atoms. The third kappa shape index (κ3) is 4.35. The number of rotatable bonds is 7. The molecule has 0 aromatic heterocycles. The van der Waals surface area contributed by atoms with Gasteiger partial charge in [-0.05, 0) is 19.2 Å². The van der Waals surface area contributed by atoms with E-state index >= 15 is 0 Å². The van der Waals surface area contributed by atoms with Crippen LogP contribution in [0.3, 0.4) is 0 Å². The van der Waals surface area contributed by atoms with E-state index in [1.165, 1.54) is 37.9 Å². The summed E-state index contributed by atoms with van der Waals surface area (Å²) in [6, 6.07) is 1.90. The number of hydrogen-bond acceptors (Lipinski definition) is 6. The van der Waals surface area contributed by atoms with Crippen LogP contribution in [0.4, 0.5) is 5.69 Å². The zero-order valence-electron chi connectivity index (χ0n) is 12.3. The monoisotopic (exact) mass is 328 g/mol. The molecule has 8 nitrogen and oxygen atoms in total. The number of thioether (sulfide) groups is 1. The van der Waals surface area contributed by atoms with E-state index in [4.69, 9.17) is 9.84 Å². The van der Waals surface area contributed by atoms with Crippen molar-refractivity contribution >= 4 is 29.3 Å². The summed E-state index contributed by atoms with van der Waals surface area (Å²) in [5.41, 5.74) is -0.526. The summed E-state index contributed by atoms with van der Waals surface area (Å²) in [6.07, 6.45) is 1.48. The number of hydrogen-bond donors (Lipinski definition) is 2. The van der Waals surface area contributed by atoms with Crippen molar-refractivity contribution in [3.8, 4) is 5.75 Å². The standard InChI is InChI=1S/C13H16N2O6S/c1-7(4-12(16)17)14-13(18)8-5-11(22-3)10(21-2)6-9(8)15(19)20/h5-7H,4H2,1-3H3,(H,14,18)(H,16,17). The maximum Gasteiger partial charge on any atom is 0.305 e. The van der Waals surface area contributed by atoms with Crippen LogP contribution >= 0.6 is 11.8 Å². The Morgan fingerprint density at radius 1 is 1.50 bits per heavy atom. The Kier molecular flexibility index (Phi) is 6.17. The summed E-state index contributed by atoms with van der Waals surface area (Å²) < 4.78 is 5.06. The van der Waals surface area contributed by atoms with Crippen molar-refractivity contribution in [3.05, 3.63) is 27.8 Å². The fourth-order valence-electron chi connectivity index (χ4n) is 1.82. The fraction of sp³-hybridized carbons (Fsp3) is 0.385. The van der Waals surface area contributed by atoms with E-state index in [1.807, 2.05) is 0 Å². The molecule has 1 amide bonds. The largest absolute Gasteiger partial charge is 0.495 e. The van der Waals surface area contributed by atoms with E-state index in [-0.39, 0.29) is 12.0 Å². The van der Waals surface area contributed by atoms with Gasteiger partial charge in [-0.15, -0.1) is 11.8 Å². The number of nitrogens with one attached hydrogen (secondary N) is 1. The van der Waals surface area contributed by atoms with Gasteiger partial charge >= 0.3 is 5.97 Å². The van der Waals surface area contributed by atoms with Gasteiger partial charge in [-0.3, -0.25) is 19.7 Å². The normalized spacial score (nSPS) is 11.6. The maximum atomic E-state index is 12.2. The summed E-state index contributed by atoms with van der Waals surface area (Å²) in [5.74, 6) is -1.46. The topological polar surface area (TPSA) is 119 Å². The lowest BCUT2D eigenvalue weighted by Gasteiger charge is -2.13. The van der Waals surface area contributed by atoms with Gasteiger partial charge in [0.2, 0.25) is 0 Å². The fourth-order valence-corrected chi connectivity index (χ4v) is 2.39. The lowest BCUT2D eigenvalue weighted by atomic mass is 10.1. The highest BCUT2D eigenvalue weighted by atomic mass is 32.2. The van der Waals surface area contributed by atoms with Gasteiger partial charge < -0.3 is 15.2 Å². The second kappa shape index (κ2) is 7.64. The molecule has 1 atom stereocenters. The highest BCUT2D eigenvalue weighted by Gasteiger charge is 2.25. The number of amides is 1. The molecule has 0 bridgehead atoms. The van der Waals surface area contributed by atoms with E-state index in [1.54, 1.807) is 6.26 Å². The van der Waals surface area contributed by atoms with Gasteiger partial charge in [0.25, 0.3) is 11.6 Å². The molecule has 120 valence electrons. The third-order valence-electron chi connectivity index (χ3n) is 2.80. The number of nitro benzene ring substituents is 1. The Morgan fingerprint density at radius 2 is 2.14 bits per heavy atom. The number of benzene rings is 1. The predicted molar refractivity (Wildman–Crippen MR) is 80.6 cm³/mol. The van der Waals surface area contributed by atoms with Crippen LogP contribution in [0, 0.1) is 10.1 Å². The van der Waals surface area contributed by atoms with Gasteiger partial charge in [-0.25, -0.2) is 0 Å². The highest BCUT2D eigenvalue weighted by Crippen LogP contribution is 2.34. The molecule has 1 unspecified atom stereocenters. The zero-order valence-corrected chi connectivity index (χ0v) is 13.1. The minimum absolute atomic E-state index is 0.132. The lowest BCUT2D eigenvalue weighted by molar-refractivity contribution is -0.385. The molecule has 0 heterocycles. The van der Waals surface area contributed by atoms with Crippen molar-refractivity contribution in [1.29, 1.82) is 0 Å². The van der Waals surface area contributed by atoms with Gasteiger partial charge in [-0.2, -0.15) is 0 Å². The van der Waals surface area contributed by atoms with Gasteiger partial charge in [0.15, 0.2) is 0 Å². The van der Waals surface area contributed by atoms with Crippen LogP contribution in [-0.4, -0.2) is 41.3 Å². The molecular formula is C13H16N2O6S. The number of carbonyl (C=O) groups is 2. The van der Waals surface area contributed by atoms with Crippen LogP contribution in [0.5, 0.6) is 5.75 Å². The van der Waals surface area contributed by atoms with Crippen LogP contribution < -0.4 is 10.1 Å². The van der Waals surface area contributed by atoms with E-state index in [2.05, 4.69) is 5.32 Å². The Hall–Kier alpha value is -2.29. The third-order valence-corrected chi connectivity index (χ3v) is 3.56. The Bertz CT molecular complexity index is 604. The molecule has 1 aromatic rings. The van der Waals surface area contributed by atoms with Crippen molar-refractivity contribution < 1.29 is 24.4 Å². The minimum atomic E-state index is -1.07. The molecule has 0 aliphatic carbocycles. The number of carbonyl (C=O) groups excluding carboxylic acids is 1. The molecule has 1 aromatic carbocycles. The number of carboxylic acid groups (broad SMARTS) is 1. The molecule has 0 saturated carbocycles. The Morgan fingerprint density at radius 3 is 2.59 bits per heavy atom. The highest BCUT2D eigenvalue weighted by molar-refractivity contribution is 7.98. The average molecular weight is 328 g/mol. The van der Waals surface area contributed by atoms with E-state index < -0.39 is 28.5 Å². The molecule has 0 aliphatic rings. The van der Waals surface area contributed by atoms with Gasteiger partial charge in [0, 0.05) is 6.04 Å². The first-order valence-corrected chi connectivity index (χ1v) is 7.45. The van der Waals surface area contributed by atoms with Crippen LogP contribution in [0.1, 0.15) is 23.7 Å². The number of nitro groups is 1. The molecule has 2 N–H and O–H groups in total. The molecule has 0 saturated heterocycles. The predicted octanol–water partition coefficient (Wildman–Crippen LogP) is 1.92. The first kappa shape index (κ1) is 17.8. The van der Waals surface area contributed by atoms with Crippen LogP contribution in [-0.2, 0) is 4.79 Å². The Balaban J connectivity index is 3.18. The van der Waals surface area contributed by atoms with Crippen LogP contribution in [0.25, 0.3) is 0 Å². The van der Waals surface area contributed by atoms with E-state index in [0.717, 1.165) is 0 Å². The molecule has 0 radical (unpaired) electrons. The van der Waals surface area contributed by atoms with Crippen molar-refractivity contribution in [2.24, 2.45) is 0 Å². The van der Waals surface area contributed by atoms with Crippen molar-refractivity contribution in [2.75, 3.05) is 13.4 Å². The van der Waals surface area contributed by atoms with Gasteiger partial charge in [0.05, 0.1) is 29.4 Å². The molecule has 9 heteroatoms. The lowest BCUT2D eigenvalue weighted by Crippen LogP contribution is -2.34. The number of carboxylic acids is 1. The summed E-state index contributed by atoms with van der Waals surface area (Å²) >= 11 is 1.28. The van der Waals surface area contributed by atoms with Crippen molar-refractivity contribution in [2.45, 2.75) is 24.3 Å². The quantitative estimate of drug-likeness (QED) is 0.446. The van der Waals surface area contributed by atoms with Crippen LogP contribution in [0.15, 0.2) is 17.0 Å². The van der Waals surface area contributed by atoms with Crippen molar-refractivity contribution in [3.63, 3.8) is 0 Å². The molecule has 22 heavy (non-hydrogen) atoms. The first-order chi connectivity index (χ1) is 10.3. The zero-order chi connectivity index (χ0) is 16.9.